The summed E-state index contributed by atoms with van der Waals surface area (Å²) in [6, 6.07) is 5.26. The van der Waals surface area contributed by atoms with Gasteiger partial charge in [-0.05, 0) is 41.3 Å². The third-order valence-electron chi connectivity index (χ3n) is 3.31. The molecular weight excluding hydrogens is 311 g/mol. The number of rotatable bonds is 2. The maximum absolute atomic E-state index is 14.0. The Kier molecular flexibility index (Phi) is 3.66. The Balaban J connectivity index is 1.90. The Morgan fingerprint density at radius 2 is 2.26 bits per heavy atom. The highest BCUT2D eigenvalue weighted by Gasteiger charge is 2.17. The molecule has 0 amide bonds. The van der Waals surface area contributed by atoms with Gasteiger partial charge in [0.15, 0.2) is 0 Å². The van der Waals surface area contributed by atoms with Crippen LogP contribution in [-0.4, -0.2) is 16.4 Å². The van der Waals surface area contributed by atoms with E-state index in [1.165, 1.54) is 0 Å². The maximum atomic E-state index is 14.0. The van der Waals surface area contributed by atoms with Gasteiger partial charge in [-0.25, -0.2) is 9.07 Å². The van der Waals surface area contributed by atoms with Gasteiger partial charge in [0.2, 0.25) is 0 Å². The van der Waals surface area contributed by atoms with Crippen molar-refractivity contribution in [3.63, 3.8) is 0 Å². The highest BCUT2D eigenvalue weighted by molar-refractivity contribution is 9.10. The Morgan fingerprint density at radius 3 is 3.05 bits per heavy atom. The van der Waals surface area contributed by atoms with Gasteiger partial charge in [-0.1, -0.05) is 12.1 Å². The highest BCUT2D eigenvalue weighted by Crippen LogP contribution is 2.29. The van der Waals surface area contributed by atoms with E-state index in [2.05, 4.69) is 21.0 Å². The summed E-state index contributed by atoms with van der Waals surface area (Å²) in [5, 5.41) is 4.30. The summed E-state index contributed by atoms with van der Waals surface area (Å²) in [6.07, 6.45) is 6.72. The molecule has 0 radical (unpaired) electrons. The summed E-state index contributed by atoms with van der Waals surface area (Å²) in [6.45, 7) is 0.769. The molecule has 2 heterocycles. The number of hydrogen-bond acceptors (Lipinski definition) is 2. The molecule has 19 heavy (non-hydrogen) atoms. The van der Waals surface area contributed by atoms with Crippen LogP contribution in [0.15, 0.2) is 35.1 Å². The monoisotopic (exact) mass is 324 g/mol. The Morgan fingerprint density at radius 1 is 1.37 bits per heavy atom. The minimum atomic E-state index is -0.258. The second kappa shape index (κ2) is 5.43. The van der Waals surface area contributed by atoms with Gasteiger partial charge in [0.05, 0.1) is 10.7 Å². The van der Waals surface area contributed by atoms with Gasteiger partial charge in [0.25, 0.3) is 0 Å². The average Bonchev–Trinajstić information content (AvgIpc) is 2.92. The number of hydrogen-bond donors (Lipinski definition) is 0. The second-order valence-corrected chi connectivity index (χ2v) is 5.49. The van der Waals surface area contributed by atoms with Crippen LogP contribution in [0.5, 0.6) is 0 Å². The van der Waals surface area contributed by atoms with Crippen LogP contribution in [-0.2, 0) is 4.74 Å². The molecule has 0 saturated carbocycles. The van der Waals surface area contributed by atoms with Gasteiger partial charge in [0.1, 0.15) is 12.0 Å². The van der Waals surface area contributed by atoms with Gasteiger partial charge in [0, 0.05) is 23.9 Å². The van der Waals surface area contributed by atoms with Crippen molar-refractivity contribution < 1.29 is 9.13 Å². The summed E-state index contributed by atoms with van der Waals surface area (Å²) < 4.78 is 21.9. The first-order valence-electron chi connectivity index (χ1n) is 6.36. The first-order chi connectivity index (χ1) is 9.25. The first kappa shape index (κ1) is 12.8. The van der Waals surface area contributed by atoms with Gasteiger partial charge >= 0.3 is 0 Å². The number of halogens is 2. The molecule has 1 saturated heterocycles. The molecule has 5 heteroatoms. The van der Waals surface area contributed by atoms with Crippen LogP contribution in [0.1, 0.15) is 25.5 Å². The van der Waals surface area contributed by atoms with Crippen LogP contribution in [0.3, 0.4) is 0 Å². The fourth-order valence-electron chi connectivity index (χ4n) is 2.29. The largest absolute Gasteiger partial charge is 0.357 e. The molecule has 100 valence electrons. The lowest BCUT2D eigenvalue weighted by atomic mass is 10.1. The lowest BCUT2D eigenvalue weighted by molar-refractivity contribution is -0.0394. The number of aromatic nitrogens is 2. The molecule has 1 aliphatic heterocycles. The number of benzene rings is 1. The smallest absolute Gasteiger partial charge is 0.150 e. The summed E-state index contributed by atoms with van der Waals surface area (Å²) in [7, 11) is 0. The summed E-state index contributed by atoms with van der Waals surface area (Å²) in [5.41, 5.74) is 1.32. The third-order valence-corrected chi connectivity index (χ3v) is 3.93. The van der Waals surface area contributed by atoms with Crippen LogP contribution in [0.25, 0.3) is 11.1 Å². The topological polar surface area (TPSA) is 27.1 Å². The predicted molar refractivity (Wildman–Crippen MR) is 74.2 cm³/mol. The van der Waals surface area contributed by atoms with Gasteiger partial charge in [-0.3, -0.25) is 0 Å². The Hall–Kier alpha value is -1.20. The van der Waals surface area contributed by atoms with Crippen LogP contribution in [0.4, 0.5) is 4.39 Å². The van der Waals surface area contributed by atoms with E-state index in [1.807, 2.05) is 12.3 Å². The average molecular weight is 325 g/mol. The van der Waals surface area contributed by atoms with E-state index < -0.39 is 0 Å². The molecule has 2 aromatic rings. The van der Waals surface area contributed by atoms with Crippen molar-refractivity contribution >= 4 is 15.9 Å². The summed E-state index contributed by atoms with van der Waals surface area (Å²) in [4.78, 5) is 0. The SMILES string of the molecule is Fc1c(Br)cccc1-c1cnn(C2CCCCO2)c1. The molecule has 0 aliphatic carbocycles. The second-order valence-electron chi connectivity index (χ2n) is 4.63. The van der Waals surface area contributed by atoms with Crippen LogP contribution < -0.4 is 0 Å². The van der Waals surface area contributed by atoms with Crippen molar-refractivity contribution in [2.24, 2.45) is 0 Å². The standard InChI is InChI=1S/C14H14BrFN2O/c15-12-5-3-4-11(14(12)16)10-8-17-18(9-10)13-6-1-2-7-19-13/h3-5,8-9,13H,1-2,6-7H2. The predicted octanol–water partition coefficient (Wildman–Crippen LogP) is 4.15. The molecule has 1 aromatic heterocycles. The molecule has 1 aliphatic rings. The van der Waals surface area contributed by atoms with E-state index in [4.69, 9.17) is 4.74 Å². The van der Waals surface area contributed by atoms with Crippen molar-refractivity contribution in [2.45, 2.75) is 25.5 Å². The summed E-state index contributed by atoms with van der Waals surface area (Å²) in [5.74, 6) is -0.258. The molecule has 3 nitrogen and oxygen atoms in total. The van der Waals surface area contributed by atoms with E-state index in [9.17, 15) is 4.39 Å². The minimum absolute atomic E-state index is 0.0160. The third kappa shape index (κ3) is 2.58. The molecule has 1 atom stereocenters. The molecule has 3 rings (SSSR count). The van der Waals surface area contributed by atoms with Crippen molar-refractivity contribution in [3.05, 3.63) is 40.9 Å². The zero-order chi connectivity index (χ0) is 13.2. The fourth-order valence-corrected chi connectivity index (χ4v) is 2.66. The molecule has 1 aromatic carbocycles. The number of nitrogens with zero attached hydrogens (tertiary/aromatic N) is 2. The van der Waals surface area contributed by atoms with Crippen LogP contribution >= 0.6 is 15.9 Å². The number of ether oxygens (including phenoxy) is 1. The Bertz CT molecular complexity index is 579. The van der Waals surface area contributed by atoms with E-state index in [0.717, 1.165) is 31.4 Å². The lowest BCUT2D eigenvalue weighted by Crippen LogP contribution is -2.18. The molecule has 0 spiro atoms. The van der Waals surface area contributed by atoms with Crippen LogP contribution in [0, 0.1) is 5.82 Å². The zero-order valence-corrected chi connectivity index (χ0v) is 11.9. The molecule has 0 bridgehead atoms. The molecule has 1 unspecified atom stereocenters. The molecule has 1 fully saturated rings. The van der Waals surface area contributed by atoms with Crippen molar-refractivity contribution in [3.8, 4) is 11.1 Å². The van der Waals surface area contributed by atoms with E-state index in [1.54, 1.807) is 23.0 Å². The summed E-state index contributed by atoms with van der Waals surface area (Å²) >= 11 is 3.20. The highest BCUT2D eigenvalue weighted by atomic mass is 79.9. The maximum Gasteiger partial charge on any atom is 0.150 e. The normalized spacial score (nSPS) is 19.6. The van der Waals surface area contributed by atoms with Crippen LogP contribution in [0.2, 0.25) is 0 Å². The first-order valence-corrected chi connectivity index (χ1v) is 7.15. The quantitative estimate of drug-likeness (QED) is 0.829. The fraction of sp³-hybridized carbons (Fsp3) is 0.357. The molecule has 0 N–H and O–H groups in total. The van der Waals surface area contributed by atoms with Gasteiger partial charge in [-0.2, -0.15) is 5.10 Å². The lowest BCUT2D eigenvalue weighted by Gasteiger charge is -2.22. The van der Waals surface area contributed by atoms with Crippen molar-refractivity contribution in [1.29, 1.82) is 0 Å². The van der Waals surface area contributed by atoms with Gasteiger partial charge < -0.3 is 4.74 Å². The van der Waals surface area contributed by atoms with Crippen molar-refractivity contribution in [1.82, 2.24) is 9.78 Å². The van der Waals surface area contributed by atoms with E-state index in [-0.39, 0.29) is 12.0 Å². The molecular formula is C14H14BrFN2O. The Labute approximate surface area is 119 Å². The zero-order valence-electron chi connectivity index (χ0n) is 10.4. The van der Waals surface area contributed by atoms with Crippen molar-refractivity contribution in [2.75, 3.05) is 6.61 Å². The van der Waals surface area contributed by atoms with E-state index in [0.29, 0.717) is 10.0 Å². The van der Waals surface area contributed by atoms with E-state index >= 15 is 0 Å². The van der Waals surface area contributed by atoms with Gasteiger partial charge in [-0.15, -0.1) is 0 Å². The minimum Gasteiger partial charge on any atom is -0.357 e.